The molecule has 0 bridgehead atoms. The third-order valence-corrected chi connectivity index (χ3v) is 4.84. The van der Waals surface area contributed by atoms with E-state index < -0.39 is 5.41 Å². The van der Waals surface area contributed by atoms with E-state index in [1.165, 1.54) is 0 Å². The monoisotopic (exact) mass is 336 g/mol. The van der Waals surface area contributed by atoms with Crippen LogP contribution in [0.5, 0.6) is 0 Å². The van der Waals surface area contributed by atoms with Gasteiger partial charge in [0.1, 0.15) is 0 Å². The number of benzene rings is 2. The highest BCUT2D eigenvalue weighted by Crippen LogP contribution is 2.24. The molecule has 0 atom stereocenters. The zero-order valence-electron chi connectivity index (χ0n) is 14.8. The third kappa shape index (κ3) is 3.73. The van der Waals surface area contributed by atoms with Crippen molar-refractivity contribution in [2.45, 2.75) is 38.6 Å². The minimum atomic E-state index is -0.580. The Labute approximate surface area is 148 Å². The second-order valence-corrected chi connectivity index (χ2v) is 6.99. The summed E-state index contributed by atoms with van der Waals surface area (Å²) in [5.74, 6) is 0.183. The van der Waals surface area contributed by atoms with Crippen molar-refractivity contribution < 1.29 is 9.59 Å². The van der Waals surface area contributed by atoms with Gasteiger partial charge in [0, 0.05) is 25.2 Å². The van der Waals surface area contributed by atoms with Gasteiger partial charge in [0.05, 0.1) is 5.41 Å². The first-order chi connectivity index (χ1) is 12.0. The number of nitrogens with zero attached hydrogens (tertiary/aromatic N) is 1. The first kappa shape index (κ1) is 17.2. The third-order valence-electron chi connectivity index (χ3n) is 4.84. The summed E-state index contributed by atoms with van der Waals surface area (Å²) >= 11 is 0. The molecule has 2 aromatic carbocycles. The number of hydrogen-bond acceptors (Lipinski definition) is 2. The van der Waals surface area contributed by atoms with E-state index in [0.29, 0.717) is 13.0 Å². The van der Waals surface area contributed by atoms with Crippen molar-refractivity contribution in [1.82, 2.24) is 5.32 Å². The van der Waals surface area contributed by atoms with Crippen LogP contribution in [0.25, 0.3) is 0 Å². The molecule has 0 aromatic heterocycles. The number of hydrogen-bond donors (Lipinski definition) is 1. The van der Waals surface area contributed by atoms with Crippen molar-refractivity contribution in [3.05, 3.63) is 65.7 Å². The van der Waals surface area contributed by atoms with Crippen LogP contribution >= 0.6 is 0 Å². The van der Waals surface area contributed by atoms with Crippen LogP contribution in [0.3, 0.4) is 0 Å². The van der Waals surface area contributed by atoms with Crippen LogP contribution in [0, 0.1) is 0 Å². The van der Waals surface area contributed by atoms with Crippen molar-refractivity contribution in [2.24, 2.45) is 0 Å². The summed E-state index contributed by atoms with van der Waals surface area (Å²) in [6.07, 6.45) is 1.55. The van der Waals surface area contributed by atoms with E-state index in [1.807, 2.05) is 73.3 Å². The highest BCUT2D eigenvalue weighted by atomic mass is 16.2. The molecule has 1 aliphatic heterocycles. The van der Waals surface area contributed by atoms with Crippen LogP contribution in [-0.2, 0) is 21.5 Å². The lowest BCUT2D eigenvalue weighted by atomic mass is 9.84. The molecule has 2 amide bonds. The van der Waals surface area contributed by atoms with Crippen LogP contribution in [0.1, 0.15) is 37.8 Å². The lowest BCUT2D eigenvalue weighted by Gasteiger charge is -2.24. The molecule has 1 saturated heterocycles. The molecule has 1 N–H and O–H groups in total. The lowest BCUT2D eigenvalue weighted by molar-refractivity contribution is -0.125. The number of anilines is 1. The van der Waals surface area contributed by atoms with Crippen LogP contribution in [-0.4, -0.2) is 18.4 Å². The van der Waals surface area contributed by atoms with Gasteiger partial charge in [0.25, 0.3) is 0 Å². The molecule has 2 aromatic rings. The van der Waals surface area contributed by atoms with E-state index >= 15 is 0 Å². The molecule has 0 radical (unpaired) electrons. The summed E-state index contributed by atoms with van der Waals surface area (Å²) in [4.78, 5) is 26.2. The standard InChI is InChI=1S/C21H24N2O2/c1-21(2,17-7-4-3-5-8-17)20(25)22-15-16-10-12-18(13-11-16)23-14-6-9-19(23)24/h3-5,7-8,10-13H,6,9,14-15H2,1-2H3,(H,22,25). The van der Waals surface area contributed by atoms with Crippen LogP contribution in [0.2, 0.25) is 0 Å². The summed E-state index contributed by atoms with van der Waals surface area (Å²) in [5, 5.41) is 3.02. The molecule has 130 valence electrons. The first-order valence-corrected chi connectivity index (χ1v) is 8.71. The predicted molar refractivity (Wildman–Crippen MR) is 99.3 cm³/mol. The number of carbonyl (C=O) groups excluding carboxylic acids is 2. The molecule has 0 unspecified atom stereocenters. The Balaban J connectivity index is 1.61. The Bertz CT molecular complexity index is 751. The van der Waals surface area contributed by atoms with Gasteiger partial charge < -0.3 is 10.2 Å². The van der Waals surface area contributed by atoms with E-state index in [4.69, 9.17) is 0 Å². The van der Waals surface area contributed by atoms with Gasteiger partial charge in [-0.2, -0.15) is 0 Å². The minimum Gasteiger partial charge on any atom is -0.351 e. The molecule has 4 heteroatoms. The highest BCUT2D eigenvalue weighted by Gasteiger charge is 2.29. The van der Waals surface area contributed by atoms with E-state index in [9.17, 15) is 9.59 Å². The van der Waals surface area contributed by atoms with Crippen molar-refractivity contribution in [3.63, 3.8) is 0 Å². The Morgan fingerprint density at radius 2 is 1.76 bits per heavy atom. The number of amides is 2. The summed E-state index contributed by atoms with van der Waals surface area (Å²) < 4.78 is 0. The fourth-order valence-electron chi connectivity index (χ4n) is 3.10. The minimum absolute atomic E-state index is 0.00232. The van der Waals surface area contributed by atoms with E-state index in [1.54, 1.807) is 0 Å². The number of carbonyl (C=O) groups is 2. The predicted octanol–water partition coefficient (Wildman–Crippen LogP) is 3.41. The molecule has 1 heterocycles. The fraction of sp³-hybridized carbons (Fsp3) is 0.333. The maximum atomic E-state index is 12.6. The van der Waals surface area contributed by atoms with Crippen molar-refractivity contribution in [3.8, 4) is 0 Å². The zero-order chi connectivity index (χ0) is 17.9. The van der Waals surface area contributed by atoms with Crippen LogP contribution < -0.4 is 10.2 Å². The number of nitrogens with one attached hydrogen (secondary N) is 1. The first-order valence-electron chi connectivity index (χ1n) is 8.71. The molecule has 4 nitrogen and oxygen atoms in total. The summed E-state index contributed by atoms with van der Waals surface area (Å²) in [6.45, 7) is 5.13. The van der Waals surface area contributed by atoms with Crippen LogP contribution in [0.15, 0.2) is 54.6 Å². The van der Waals surface area contributed by atoms with Gasteiger partial charge in [0.2, 0.25) is 11.8 Å². The van der Waals surface area contributed by atoms with Crippen LogP contribution in [0.4, 0.5) is 5.69 Å². The van der Waals surface area contributed by atoms with Gasteiger partial charge in [-0.3, -0.25) is 9.59 Å². The SMILES string of the molecule is CC(C)(C(=O)NCc1ccc(N2CCCC2=O)cc1)c1ccccc1. The van der Waals surface area contributed by atoms with E-state index in [0.717, 1.165) is 29.8 Å². The number of rotatable bonds is 5. The Morgan fingerprint density at radius 3 is 2.36 bits per heavy atom. The molecule has 0 aliphatic carbocycles. The van der Waals surface area contributed by atoms with Gasteiger partial charge in [0.15, 0.2) is 0 Å². The maximum Gasteiger partial charge on any atom is 0.230 e. The van der Waals surface area contributed by atoms with Gasteiger partial charge in [-0.25, -0.2) is 0 Å². The normalized spacial score (nSPS) is 14.6. The average molecular weight is 336 g/mol. The Kier molecular flexibility index (Phi) is 4.88. The lowest BCUT2D eigenvalue weighted by Crippen LogP contribution is -2.39. The smallest absolute Gasteiger partial charge is 0.230 e. The molecule has 1 aliphatic rings. The van der Waals surface area contributed by atoms with Gasteiger partial charge in [-0.15, -0.1) is 0 Å². The topological polar surface area (TPSA) is 49.4 Å². The molecular weight excluding hydrogens is 312 g/mol. The zero-order valence-corrected chi connectivity index (χ0v) is 14.8. The van der Waals surface area contributed by atoms with E-state index in [2.05, 4.69) is 5.32 Å². The average Bonchev–Trinajstić information content (AvgIpc) is 3.06. The quantitative estimate of drug-likeness (QED) is 0.910. The second kappa shape index (κ2) is 7.09. The van der Waals surface area contributed by atoms with Gasteiger partial charge in [-0.05, 0) is 43.5 Å². The Morgan fingerprint density at radius 1 is 1.08 bits per heavy atom. The molecule has 1 fully saturated rings. The van der Waals surface area contributed by atoms with Crippen molar-refractivity contribution in [2.75, 3.05) is 11.4 Å². The maximum absolute atomic E-state index is 12.6. The Hall–Kier alpha value is -2.62. The molecular formula is C21H24N2O2. The van der Waals surface area contributed by atoms with Gasteiger partial charge >= 0.3 is 0 Å². The second-order valence-electron chi connectivity index (χ2n) is 6.99. The van der Waals surface area contributed by atoms with Crippen molar-refractivity contribution >= 4 is 17.5 Å². The molecule has 25 heavy (non-hydrogen) atoms. The summed E-state index contributed by atoms with van der Waals surface area (Å²) in [6, 6.07) is 17.6. The fourth-order valence-corrected chi connectivity index (χ4v) is 3.10. The largest absolute Gasteiger partial charge is 0.351 e. The highest BCUT2D eigenvalue weighted by molar-refractivity contribution is 5.95. The van der Waals surface area contributed by atoms with E-state index in [-0.39, 0.29) is 11.8 Å². The van der Waals surface area contributed by atoms with Crippen molar-refractivity contribution in [1.29, 1.82) is 0 Å². The molecule has 0 spiro atoms. The molecule has 0 saturated carbocycles. The van der Waals surface area contributed by atoms with Gasteiger partial charge in [-0.1, -0.05) is 42.5 Å². The summed E-state index contributed by atoms with van der Waals surface area (Å²) in [5.41, 5.74) is 2.37. The molecule has 3 rings (SSSR count). The summed E-state index contributed by atoms with van der Waals surface area (Å²) in [7, 11) is 0.